The van der Waals surface area contributed by atoms with E-state index in [-0.39, 0.29) is 21.4 Å². The molecule has 1 rings (SSSR count). The van der Waals surface area contributed by atoms with Crippen LogP contribution in [0, 0.1) is 6.92 Å². The third-order valence-electron chi connectivity index (χ3n) is 3.11. The van der Waals surface area contributed by atoms with Crippen molar-refractivity contribution in [2.75, 3.05) is 26.8 Å². The number of halogens is 1. The third-order valence-corrected chi connectivity index (χ3v) is 4.40. The van der Waals surface area contributed by atoms with E-state index < -0.39 is 10.0 Å². The molecule has 0 aliphatic rings. The number of rotatable bonds is 6. The molecule has 0 radical (unpaired) electrons. The van der Waals surface area contributed by atoms with E-state index in [9.17, 15) is 13.2 Å². The smallest absolute Gasteiger partial charge is 0.254 e. The van der Waals surface area contributed by atoms with Crippen molar-refractivity contribution in [2.45, 2.75) is 18.7 Å². The number of ether oxygens (including phenoxy) is 1. The van der Waals surface area contributed by atoms with Gasteiger partial charge in [-0.05, 0) is 31.5 Å². The molecule has 0 fully saturated rings. The molecular weight excluding hydrogens is 316 g/mol. The molecule has 0 aromatic heterocycles. The fraction of sp³-hybridized carbons (Fsp3) is 0.462. The average molecular weight is 335 g/mol. The van der Waals surface area contributed by atoms with E-state index in [1.54, 1.807) is 18.9 Å². The maximum Gasteiger partial charge on any atom is 0.254 e. The number of sulfonamides is 1. The minimum atomic E-state index is -3.93. The number of hydrogen-bond donors (Lipinski definition) is 1. The zero-order chi connectivity index (χ0) is 16.2. The third kappa shape index (κ3) is 4.41. The Morgan fingerprint density at radius 3 is 2.52 bits per heavy atom. The Morgan fingerprint density at radius 1 is 1.43 bits per heavy atom. The molecule has 0 aliphatic heterocycles. The van der Waals surface area contributed by atoms with Gasteiger partial charge in [-0.3, -0.25) is 4.79 Å². The van der Waals surface area contributed by atoms with Crippen LogP contribution in [0.4, 0.5) is 0 Å². The van der Waals surface area contributed by atoms with E-state index in [0.717, 1.165) is 0 Å². The summed E-state index contributed by atoms with van der Waals surface area (Å²) in [4.78, 5) is 13.9. The van der Waals surface area contributed by atoms with E-state index in [1.165, 1.54) is 12.1 Å². The molecule has 0 heterocycles. The van der Waals surface area contributed by atoms with Gasteiger partial charge in [-0.2, -0.15) is 0 Å². The summed E-state index contributed by atoms with van der Waals surface area (Å²) in [6.07, 6.45) is 0. The van der Waals surface area contributed by atoms with Crippen LogP contribution < -0.4 is 5.14 Å². The van der Waals surface area contributed by atoms with E-state index in [0.29, 0.717) is 25.3 Å². The van der Waals surface area contributed by atoms with Crippen LogP contribution in [-0.4, -0.2) is 46.0 Å². The standard InChI is InChI=1S/C13H19ClN2O4S/c1-4-16(5-6-20-3)13(17)11-7-10(21(15,18)19)8-12(14)9(11)2/h7-8H,4-6H2,1-3H3,(H2,15,18,19). The van der Waals surface area contributed by atoms with E-state index in [1.807, 2.05) is 6.92 Å². The van der Waals surface area contributed by atoms with Gasteiger partial charge < -0.3 is 9.64 Å². The maximum absolute atomic E-state index is 12.5. The normalized spacial score (nSPS) is 11.5. The topological polar surface area (TPSA) is 89.7 Å². The van der Waals surface area contributed by atoms with Gasteiger partial charge in [-0.1, -0.05) is 11.6 Å². The van der Waals surface area contributed by atoms with Gasteiger partial charge in [0, 0.05) is 30.8 Å². The van der Waals surface area contributed by atoms with Crippen LogP contribution in [0.15, 0.2) is 17.0 Å². The highest BCUT2D eigenvalue weighted by Gasteiger charge is 2.21. The Labute approximate surface area is 129 Å². The molecule has 0 saturated heterocycles. The summed E-state index contributed by atoms with van der Waals surface area (Å²) in [5.74, 6) is -0.306. The average Bonchev–Trinajstić information content (AvgIpc) is 2.41. The van der Waals surface area contributed by atoms with Crippen LogP contribution >= 0.6 is 11.6 Å². The summed E-state index contributed by atoms with van der Waals surface area (Å²) < 4.78 is 27.9. The minimum absolute atomic E-state index is 0.177. The number of methoxy groups -OCH3 is 1. The van der Waals surface area contributed by atoms with E-state index >= 15 is 0 Å². The summed E-state index contributed by atoms with van der Waals surface area (Å²) >= 11 is 6.01. The highest BCUT2D eigenvalue weighted by Crippen LogP contribution is 2.25. The predicted molar refractivity (Wildman–Crippen MR) is 81.0 cm³/mol. The lowest BCUT2D eigenvalue weighted by atomic mass is 10.1. The fourth-order valence-corrected chi connectivity index (χ4v) is 2.66. The molecule has 0 aliphatic carbocycles. The van der Waals surface area contributed by atoms with Crippen LogP contribution in [0.1, 0.15) is 22.8 Å². The first-order valence-electron chi connectivity index (χ1n) is 6.33. The van der Waals surface area contributed by atoms with Crippen LogP contribution in [-0.2, 0) is 14.8 Å². The van der Waals surface area contributed by atoms with Crippen LogP contribution in [0.5, 0.6) is 0 Å². The fourth-order valence-electron chi connectivity index (χ4n) is 1.82. The molecule has 118 valence electrons. The Morgan fingerprint density at radius 2 is 2.05 bits per heavy atom. The minimum Gasteiger partial charge on any atom is -0.383 e. The monoisotopic (exact) mass is 334 g/mol. The SMILES string of the molecule is CCN(CCOC)C(=O)c1cc(S(N)(=O)=O)cc(Cl)c1C. The lowest BCUT2D eigenvalue weighted by Gasteiger charge is -2.22. The van der Waals surface area contributed by atoms with Gasteiger partial charge in [0.25, 0.3) is 5.91 Å². The van der Waals surface area contributed by atoms with Crippen LogP contribution in [0.25, 0.3) is 0 Å². The molecule has 0 saturated carbocycles. The molecule has 21 heavy (non-hydrogen) atoms. The lowest BCUT2D eigenvalue weighted by Crippen LogP contribution is -2.34. The van der Waals surface area contributed by atoms with Gasteiger partial charge in [0.1, 0.15) is 0 Å². The molecule has 0 bridgehead atoms. The zero-order valence-electron chi connectivity index (χ0n) is 12.2. The van der Waals surface area contributed by atoms with Crippen molar-refractivity contribution in [1.29, 1.82) is 0 Å². The van der Waals surface area contributed by atoms with Crippen molar-refractivity contribution in [1.82, 2.24) is 4.90 Å². The number of carbonyl (C=O) groups excluding carboxylic acids is 1. The van der Waals surface area contributed by atoms with Crippen molar-refractivity contribution in [3.63, 3.8) is 0 Å². The summed E-state index contributed by atoms with van der Waals surface area (Å²) in [6.45, 7) is 4.75. The first-order chi connectivity index (χ1) is 9.72. The quantitative estimate of drug-likeness (QED) is 0.851. The predicted octanol–water partition coefficient (Wildman–Crippen LogP) is 1.40. The maximum atomic E-state index is 12.5. The molecule has 2 N–H and O–H groups in total. The second kappa shape index (κ2) is 7.22. The Bertz CT molecular complexity index is 631. The first kappa shape index (κ1) is 17.9. The second-order valence-electron chi connectivity index (χ2n) is 4.50. The van der Waals surface area contributed by atoms with Crippen molar-refractivity contribution in [2.24, 2.45) is 5.14 Å². The van der Waals surface area contributed by atoms with Gasteiger partial charge in [0.15, 0.2) is 0 Å². The Balaban J connectivity index is 3.28. The van der Waals surface area contributed by atoms with Gasteiger partial charge in [-0.15, -0.1) is 0 Å². The van der Waals surface area contributed by atoms with Gasteiger partial charge >= 0.3 is 0 Å². The number of hydrogen-bond acceptors (Lipinski definition) is 4. The van der Waals surface area contributed by atoms with Gasteiger partial charge in [0.05, 0.1) is 11.5 Å². The summed E-state index contributed by atoms with van der Waals surface area (Å²) in [6, 6.07) is 2.50. The van der Waals surface area contributed by atoms with Gasteiger partial charge in [0.2, 0.25) is 10.0 Å². The highest BCUT2D eigenvalue weighted by molar-refractivity contribution is 7.89. The number of carbonyl (C=O) groups is 1. The second-order valence-corrected chi connectivity index (χ2v) is 6.47. The lowest BCUT2D eigenvalue weighted by molar-refractivity contribution is 0.0705. The van der Waals surface area contributed by atoms with Crippen LogP contribution in [0.2, 0.25) is 5.02 Å². The van der Waals surface area contributed by atoms with Crippen molar-refractivity contribution in [3.05, 3.63) is 28.3 Å². The summed E-state index contributed by atoms with van der Waals surface area (Å²) in [5, 5.41) is 5.29. The zero-order valence-corrected chi connectivity index (χ0v) is 13.8. The number of nitrogens with zero attached hydrogens (tertiary/aromatic N) is 1. The molecule has 0 spiro atoms. The first-order valence-corrected chi connectivity index (χ1v) is 8.26. The van der Waals surface area contributed by atoms with Crippen molar-refractivity contribution >= 4 is 27.5 Å². The largest absolute Gasteiger partial charge is 0.383 e. The molecular formula is C13H19ClN2O4S. The molecule has 0 atom stereocenters. The molecule has 1 aromatic carbocycles. The molecule has 6 nitrogen and oxygen atoms in total. The van der Waals surface area contributed by atoms with E-state index in [4.69, 9.17) is 21.5 Å². The number of benzene rings is 1. The summed E-state index contributed by atoms with van der Waals surface area (Å²) in [5.41, 5.74) is 0.745. The highest BCUT2D eigenvalue weighted by atomic mass is 35.5. The van der Waals surface area contributed by atoms with Gasteiger partial charge in [-0.25, -0.2) is 13.6 Å². The summed E-state index contributed by atoms with van der Waals surface area (Å²) in [7, 11) is -2.38. The molecule has 0 unspecified atom stereocenters. The number of nitrogens with two attached hydrogens (primary N) is 1. The Kier molecular flexibility index (Phi) is 6.15. The van der Waals surface area contributed by atoms with Crippen molar-refractivity contribution in [3.8, 4) is 0 Å². The number of likely N-dealkylation sites (N-methyl/N-ethyl adjacent to an activating group) is 1. The molecule has 8 heteroatoms. The number of amides is 1. The van der Waals surface area contributed by atoms with E-state index in [2.05, 4.69) is 0 Å². The Hall–Kier alpha value is -1.15. The molecule has 1 amide bonds. The van der Waals surface area contributed by atoms with Crippen LogP contribution in [0.3, 0.4) is 0 Å². The number of primary sulfonamides is 1. The molecule has 1 aromatic rings. The van der Waals surface area contributed by atoms with Crippen molar-refractivity contribution < 1.29 is 17.9 Å².